The predicted molar refractivity (Wildman–Crippen MR) is 86.4 cm³/mol. The highest BCUT2D eigenvalue weighted by Crippen LogP contribution is 2.20. The molecule has 0 heterocycles. The molecule has 0 saturated heterocycles. The first-order chi connectivity index (χ1) is 12.1. The molecule has 0 spiro atoms. The van der Waals surface area contributed by atoms with E-state index in [4.69, 9.17) is 17.7 Å². The van der Waals surface area contributed by atoms with Gasteiger partial charge in [-0.2, -0.15) is 13.2 Å². The lowest BCUT2D eigenvalue weighted by Crippen LogP contribution is -3.61. The molecular weight excluding hydrogens is 484 g/mol. The molecular formula is C17H18F3IO4S. The maximum absolute atomic E-state index is 10.7. The molecule has 0 radical (unpaired) electrons. The zero-order valence-electron chi connectivity index (χ0n) is 13.9. The lowest BCUT2D eigenvalue weighted by Gasteiger charge is -2.08. The Hall–Kier alpha value is -1.33. The summed E-state index contributed by atoms with van der Waals surface area (Å²) in [6, 6.07) is 19.3. The average Bonchev–Trinajstić information content (AvgIpc) is 2.56. The molecule has 9 heteroatoms. The molecule has 0 aliphatic heterocycles. The van der Waals surface area contributed by atoms with Crippen LogP contribution in [0.25, 0.3) is 0 Å². The summed E-state index contributed by atoms with van der Waals surface area (Å²) in [4.78, 5) is 0. The van der Waals surface area contributed by atoms with Crippen LogP contribution in [-0.2, 0) is 10.1 Å². The van der Waals surface area contributed by atoms with Crippen LogP contribution >= 0.6 is 0 Å². The summed E-state index contributed by atoms with van der Waals surface area (Å²) in [7, 11) is -6.09. The van der Waals surface area contributed by atoms with Gasteiger partial charge >= 0.3 is 26.7 Å². The third-order valence-corrected chi connectivity index (χ3v) is 6.07. The fourth-order valence-electron chi connectivity index (χ4n) is 1.53. The predicted octanol–water partition coefficient (Wildman–Crippen LogP) is 1.05. The van der Waals surface area contributed by atoms with Crippen LogP contribution in [0, 0.1) is 7.14 Å². The van der Waals surface area contributed by atoms with Crippen molar-refractivity contribution in [2.75, 3.05) is 6.61 Å². The normalized spacial score (nSPS) is 11.4. The smallest absolute Gasteiger partial charge is 0.485 e. The van der Waals surface area contributed by atoms with Gasteiger partial charge in [-0.25, -0.2) is 8.42 Å². The Morgan fingerprint density at radius 1 is 1.00 bits per heavy atom. The van der Waals surface area contributed by atoms with Gasteiger partial charge in [0.1, 0.15) is 5.75 Å². The van der Waals surface area contributed by atoms with Crippen molar-refractivity contribution in [2.45, 2.75) is 25.3 Å². The third kappa shape index (κ3) is 8.86. The molecule has 0 atom stereocenters. The van der Waals surface area contributed by atoms with E-state index in [-0.39, 0.29) is 21.2 Å². The molecule has 0 N–H and O–H groups in total. The van der Waals surface area contributed by atoms with E-state index in [1.165, 1.54) is 13.6 Å². The van der Waals surface area contributed by atoms with Crippen LogP contribution in [0.4, 0.5) is 13.2 Å². The molecule has 2 aromatic rings. The Morgan fingerprint density at radius 2 is 1.50 bits per heavy atom. The summed E-state index contributed by atoms with van der Waals surface area (Å²) in [5.74, 6) is 0.990. The molecule has 2 rings (SSSR count). The minimum absolute atomic E-state index is 0.0564. The van der Waals surface area contributed by atoms with Gasteiger partial charge in [-0.05, 0) is 42.8 Å². The van der Waals surface area contributed by atoms with Crippen molar-refractivity contribution >= 4 is 10.1 Å². The van der Waals surface area contributed by atoms with E-state index in [0.29, 0.717) is 0 Å². The minimum Gasteiger partial charge on any atom is -0.741 e. The number of ether oxygens (including phenoxy) is 1. The summed E-state index contributed by atoms with van der Waals surface area (Å²) in [6.07, 6.45) is 2.30. The molecule has 0 aromatic heterocycles. The Bertz CT molecular complexity index is 748. The van der Waals surface area contributed by atoms with E-state index in [1.807, 2.05) is 0 Å². The molecule has 0 unspecified atom stereocenters. The van der Waals surface area contributed by atoms with Gasteiger partial charge in [0.25, 0.3) is 0 Å². The molecule has 0 fully saturated rings. The first kappa shape index (κ1) is 22.7. The summed E-state index contributed by atoms with van der Waals surface area (Å²) >= 11 is -0.0564. The first-order valence-corrected chi connectivity index (χ1v) is 11.1. The van der Waals surface area contributed by atoms with Crippen molar-refractivity contribution in [3.8, 4) is 5.75 Å². The number of unbranched alkanes of at least 4 members (excludes halogenated alkanes) is 1. The highest BCUT2D eigenvalue weighted by Gasteiger charge is 2.36. The monoisotopic (exact) mass is 502 g/mol. The SMILES string of the molecule is CCCCOc1ccc([I+]c2ccccc2)cc1.O=S(=O)([O-])C(F)(F)F. The van der Waals surface area contributed by atoms with Crippen molar-refractivity contribution in [3.63, 3.8) is 0 Å². The lowest BCUT2D eigenvalue weighted by atomic mass is 10.3. The first-order valence-electron chi connectivity index (χ1n) is 7.58. The van der Waals surface area contributed by atoms with Gasteiger partial charge in [0.2, 0.25) is 0 Å². The Morgan fingerprint density at radius 3 is 1.96 bits per heavy atom. The van der Waals surface area contributed by atoms with Crippen LogP contribution in [0.15, 0.2) is 54.6 Å². The second-order valence-corrected chi connectivity index (χ2v) is 9.35. The number of halogens is 4. The highest BCUT2D eigenvalue weighted by molar-refractivity contribution is 7.86. The summed E-state index contributed by atoms with van der Waals surface area (Å²) in [6.45, 7) is 3.00. The van der Waals surface area contributed by atoms with E-state index >= 15 is 0 Å². The molecule has 144 valence electrons. The molecule has 0 amide bonds. The molecule has 0 aliphatic rings. The fourth-order valence-corrected chi connectivity index (χ4v) is 3.74. The Balaban J connectivity index is 0.000000359. The Kier molecular flexibility index (Phi) is 9.37. The van der Waals surface area contributed by atoms with Crippen molar-refractivity contribution < 1.29 is 52.1 Å². The van der Waals surface area contributed by atoms with Crippen LogP contribution in [0.3, 0.4) is 0 Å². The summed E-state index contributed by atoms with van der Waals surface area (Å²) in [5, 5.41) is 0. The summed E-state index contributed by atoms with van der Waals surface area (Å²) < 4.78 is 67.5. The van der Waals surface area contributed by atoms with E-state index in [2.05, 4.69) is 61.5 Å². The number of hydrogen-bond donors (Lipinski definition) is 0. The third-order valence-electron chi connectivity index (χ3n) is 2.82. The number of benzene rings is 2. The second kappa shape index (κ2) is 10.7. The van der Waals surface area contributed by atoms with E-state index in [9.17, 15) is 13.2 Å². The van der Waals surface area contributed by atoms with Crippen LogP contribution in [0.1, 0.15) is 19.8 Å². The van der Waals surface area contributed by atoms with Crippen molar-refractivity contribution in [2.24, 2.45) is 0 Å². The van der Waals surface area contributed by atoms with Crippen LogP contribution < -0.4 is 25.9 Å². The largest absolute Gasteiger partial charge is 0.741 e. The average molecular weight is 502 g/mol. The van der Waals surface area contributed by atoms with Gasteiger partial charge in [-0.1, -0.05) is 31.5 Å². The molecule has 0 bridgehead atoms. The number of rotatable bonds is 6. The Labute approximate surface area is 161 Å². The second-order valence-electron chi connectivity index (χ2n) is 4.95. The minimum atomic E-state index is -6.09. The van der Waals surface area contributed by atoms with Crippen molar-refractivity contribution in [1.29, 1.82) is 0 Å². The maximum Gasteiger partial charge on any atom is 0.485 e. The van der Waals surface area contributed by atoms with Gasteiger partial charge in [-0.3, -0.25) is 0 Å². The van der Waals surface area contributed by atoms with Crippen LogP contribution in [0.2, 0.25) is 0 Å². The number of hydrogen-bond acceptors (Lipinski definition) is 4. The van der Waals surface area contributed by atoms with E-state index < -0.39 is 15.6 Å². The maximum atomic E-state index is 10.7. The van der Waals surface area contributed by atoms with Crippen LogP contribution in [0.5, 0.6) is 5.75 Å². The van der Waals surface area contributed by atoms with Gasteiger partial charge in [0.05, 0.1) is 6.61 Å². The van der Waals surface area contributed by atoms with Crippen molar-refractivity contribution in [1.82, 2.24) is 0 Å². The number of alkyl halides is 3. The molecule has 0 aliphatic carbocycles. The molecule has 26 heavy (non-hydrogen) atoms. The standard InChI is InChI=1S/C16H18IO.CHF3O3S/c1-2-3-13-18-16-11-9-15(10-12-16)17-14-7-5-4-6-8-14;2-1(3,4)8(5,6)7/h4-12H,2-3,13H2,1H3;(H,5,6,7)/q+1;/p-1. The van der Waals surface area contributed by atoms with Gasteiger partial charge in [-0.15, -0.1) is 0 Å². The molecule has 4 nitrogen and oxygen atoms in total. The zero-order valence-corrected chi connectivity index (χ0v) is 16.8. The van der Waals surface area contributed by atoms with Crippen LogP contribution in [-0.4, -0.2) is 25.1 Å². The molecule has 0 saturated carbocycles. The van der Waals surface area contributed by atoms with E-state index in [1.54, 1.807) is 0 Å². The van der Waals surface area contributed by atoms with Gasteiger partial charge in [0, 0.05) is 0 Å². The van der Waals surface area contributed by atoms with E-state index in [0.717, 1.165) is 18.8 Å². The highest BCUT2D eigenvalue weighted by atomic mass is 127. The topological polar surface area (TPSA) is 66.4 Å². The van der Waals surface area contributed by atoms with Gasteiger partial charge < -0.3 is 9.29 Å². The fraction of sp³-hybridized carbons (Fsp3) is 0.294. The lowest BCUT2D eigenvalue weighted by molar-refractivity contribution is -0.597. The molecule has 2 aromatic carbocycles. The van der Waals surface area contributed by atoms with Crippen molar-refractivity contribution in [3.05, 3.63) is 61.7 Å². The van der Waals surface area contributed by atoms with Gasteiger partial charge in [0.15, 0.2) is 17.3 Å². The summed E-state index contributed by atoms with van der Waals surface area (Å²) in [5.41, 5.74) is -5.65. The zero-order chi connectivity index (χ0) is 19.6. The quantitative estimate of drug-likeness (QED) is 0.257.